The third kappa shape index (κ3) is 10.3. The van der Waals surface area contributed by atoms with E-state index in [9.17, 15) is 0 Å². The van der Waals surface area contributed by atoms with Crippen LogP contribution in [0.3, 0.4) is 0 Å². The number of hydrogen-bond donors (Lipinski definition) is 4. The van der Waals surface area contributed by atoms with Crippen LogP contribution in [0.4, 0.5) is 0 Å². The first-order valence-corrected chi connectivity index (χ1v) is 7.29. The van der Waals surface area contributed by atoms with Gasteiger partial charge in [0.05, 0.1) is 0 Å². The average Bonchev–Trinajstić information content (AvgIpc) is 2.11. The van der Waals surface area contributed by atoms with Crippen LogP contribution in [0.1, 0.15) is 6.92 Å². The Labute approximate surface area is 123 Å². The molecule has 0 saturated carbocycles. The molecule has 0 radical (unpaired) electrons. The Morgan fingerprint density at radius 3 is 1.88 bits per heavy atom. The molecule has 0 fully saturated rings. The standard InChI is InChI=1S/C6H8O6S4.Fe/c1-5(7,8)11-3(13)15-16-4(14)12-6(2,9)10;/h1,7-10H,2H3;. The third-order valence-electron chi connectivity index (χ3n) is 0.821. The molecular formula is C6H8FeO6S4. The van der Waals surface area contributed by atoms with Crippen molar-refractivity contribution < 1.29 is 45.5 Å². The summed E-state index contributed by atoms with van der Waals surface area (Å²) in [7, 11) is 1.48. The molecule has 0 spiro atoms. The molecule has 17 heavy (non-hydrogen) atoms. The zero-order chi connectivity index (χ0) is 13.7. The molecule has 100 valence electrons. The minimum absolute atomic E-state index is 0.214. The van der Waals surface area contributed by atoms with Gasteiger partial charge in [0.2, 0.25) is 0 Å². The second-order valence-corrected chi connectivity index (χ2v) is 6.22. The summed E-state index contributed by atoms with van der Waals surface area (Å²) in [6, 6.07) is 0. The van der Waals surface area contributed by atoms with Crippen LogP contribution < -0.4 is 0 Å². The maximum atomic E-state index is 9.01. The van der Waals surface area contributed by atoms with E-state index in [0.717, 1.165) is 33.4 Å². The number of rotatable bonds is 3. The summed E-state index contributed by atoms with van der Waals surface area (Å²) in [6.45, 7) is 0.976. The van der Waals surface area contributed by atoms with Crippen LogP contribution in [-0.2, 0) is 25.0 Å². The van der Waals surface area contributed by atoms with Crippen LogP contribution in [0, 0.1) is 0 Å². The van der Waals surface area contributed by atoms with E-state index in [4.69, 9.17) is 20.4 Å². The van der Waals surface area contributed by atoms with E-state index in [1.54, 1.807) is 0 Å². The molecule has 0 aliphatic rings. The van der Waals surface area contributed by atoms with Gasteiger partial charge in [0.15, 0.2) is 0 Å². The van der Waals surface area contributed by atoms with Crippen LogP contribution in [0.2, 0.25) is 0 Å². The van der Waals surface area contributed by atoms with E-state index in [1.165, 1.54) is 0 Å². The molecule has 0 rings (SSSR count). The number of thiocarbonyl (C=S) groups is 2. The van der Waals surface area contributed by atoms with Gasteiger partial charge >= 0.3 is 124 Å². The molecule has 0 unspecified atom stereocenters. The Morgan fingerprint density at radius 2 is 1.53 bits per heavy atom. The van der Waals surface area contributed by atoms with Crippen molar-refractivity contribution >= 4 is 59.7 Å². The molecule has 0 saturated heterocycles. The van der Waals surface area contributed by atoms with Gasteiger partial charge in [0.25, 0.3) is 0 Å². The van der Waals surface area contributed by atoms with Gasteiger partial charge in [-0.1, -0.05) is 0 Å². The minimum atomic E-state index is -2.56. The molecule has 11 heteroatoms. The molecule has 0 bridgehead atoms. The summed E-state index contributed by atoms with van der Waals surface area (Å²) < 4.78 is 8.50. The van der Waals surface area contributed by atoms with Crippen molar-refractivity contribution in [3.05, 3.63) is 0 Å². The monoisotopic (exact) mass is 360 g/mol. The van der Waals surface area contributed by atoms with Crippen molar-refractivity contribution in [3.63, 3.8) is 0 Å². The molecule has 0 aromatic heterocycles. The van der Waals surface area contributed by atoms with Gasteiger partial charge in [-0.2, -0.15) is 0 Å². The van der Waals surface area contributed by atoms with Crippen molar-refractivity contribution in [1.29, 1.82) is 0 Å². The van der Waals surface area contributed by atoms with Gasteiger partial charge < -0.3 is 0 Å². The first-order chi connectivity index (χ1) is 7.56. The van der Waals surface area contributed by atoms with E-state index in [1.807, 2.05) is 0 Å². The fourth-order valence-electron chi connectivity index (χ4n) is 0.403. The van der Waals surface area contributed by atoms with E-state index in [-0.39, 0.29) is 8.77 Å². The van der Waals surface area contributed by atoms with Crippen LogP contribution in [0.5, 0.6) is 0 Å². The quantitative estimate of drug-likeness (QED) is 0.231. The Morgan fingerprint density at radius 1 is 1.12 bits per heavy atom. The first kappa shape index (κ1) is 17.7. The predicted molar refractivity (Wildman–Crippen MR) is 68.6 cm³/mol. The van der Waals surface area contributed by atoms with Gasteiger partial charge in [0, 0.05) is 0 Å². The Hall–Kier alpha value is 0.709. The van der Waals surface area contributed by atoms with E-state index < -0.39 is 11.9 Å². The zero-order valence-corrected chi connectivity index (χ0v) is 12.5. The molecule has 6 nitrogen and oxygen atoms in total. The molecule has 0 aromatic carbocycles. The van der Waals surface area contributed by atoms with E-state index in [2.05, 4.69) is 49.5 Å². The van der Waals surface area contributed by atoms with E-state index in [0.29, 0.717) is 0 Å². The van der Waals surface area contributed by atoms with Gasteiger partial charge in [0.1, 0.15) is 0 Å². The van der Waals surface area contributed by atoms with Crippen LogP contribution in [0.25, 0.3) is 0 Å². The molecule has 0 amide bonds. The van der Waals surface area contributed by atoms with Crippen molar-refractivity contribution in [2.75, 3.05) is 0 Å². The molecule has 0 aliphatic heterocycles. The number of aliphatic hydroxyl groups is 4. The topological polar surface area (TPSA) is 99.4 Å². The van der Waals surface area contributed by atoms with Crippen LogP contribution >= 0.6 is 46.0 Å². The van der Waals surface area contributed by atoms with Gasteiger partial charge in [-0.3, -0.25) is 0 Å². The Balaban J connectivity index is 4.01. The average molecular weight is 360 g/mol. The molecular weight excluding hydrogens is 352 g/mol. The van der Waals surface area contributed by atoms with Crippen LogP contribution in [-0.4, -0.2) is 46.1 Å². The van der Waals surface area contributed by atoms with Gasteiger partial charge in [-0.25, -0.2) is 0 Å². The van der Waals surface area contributed by atoms with E-state index >= 15 is 0 Å². The zero-order valence-electron chi connectivity index (χ0n) is 8.17. The molecule has 0 heterocycles. The van der Waals surface area contributed by atoms with Crippen LogP contribution in [0.15, 0.2) is 0 Å². The maximum absolute atomic E-state index is 9.01. The molecule has 4 N–H and O–H groups in total. The fourth-order valence-corrected chi connectivity index (χ4v) is 2.46. The van der Waals surface area contributed by atoms with Crippen molar-refractivity contribution in [2.24, 2.45) is 0 Å². The van der Waals surface area contributed by atoms with Crippen molar-refractivity contribution in [1.82, 2.24) is 0 Å². The second-order valence-electron chi connectivity index (χ2n) is 2.57. The summed E-state index contributed by atoms with van der Waals surface area (Å²) >= 11 is 12.4. The van der Waals surface area contributed by atoms with Crippen molar-refractivity contribution in [2.45, 2.75) is 18.9 Å². The summed E-state index contributed by atoms with van der Waals surface area (Å²) in [4.78, 5) is 0.734. The second kappa shape index (κ2) is 7.34. The Kier molecular flexibility index (Phi) is 7.64. The van der Waals surface area contributed by atoms with Gasteiger partial charge in [-0.15, -0.1) is 0 Å². The summed E-state index contributed by atoms with van der Waals surface area (Å²) in [5.41, 5.74) is 0. The Bertz CT molecular complexity index is 314. The summed E-state index contributed by atoms with van der Waals surface area (Å²) in [5, 5.41) is 35.7. The normalized spacial score (nSPS) is 11.9. The first-order valence-electron chi connectivity index (χ1n) is 3.69. The van der Waals surface area contributed by atoms with Gasteiger partial charge in [-0.05, 0) is 0 Å². The predicted octanol–water partition coefficient (Wildman–Crippen LogP) is -0.383. The molecule has 0 aromatic rings. The van der Waals surface area contributed by atoms with Crippen molar-refractivity contribution in [3.8, 4) is 0 Å². The SMILES string of the molecule is CC(O)(O)OC(=S)SSC(=S)OC(O)(O)[CH]=[Fe]. The molecule has 0 atom stereocenters. The number of ether oxygens (including phenoxy) is 2. The summed E-state index contributed by atoms with van der Waals surface area (Å²) in [5.74, 6) is -4.94. The fraction of sp³-hybridized carbons (Fsp3) is 0.500. The third-order valence-corrected chi connectivity index (χ3v) is 4.22. The molecule has 0 aliphatic carbocycles. The summed E-state index contributed by atoms with van der Waals surface area (Å²) in [6.07, 6.45) is 0. The number of hydrogen-bond acceptors (Lipinski definition) is 10.